The van der Waals surface area contributed by atoms with Crippen LogP contribution >= 0.6 is 0 Å². The first-order chi connectivity index (χ1) is 18.0. The van der Waals surface area contributed by atoms with Crippen molar-refractivity contribution in [3.63, 3.8) is 0 Å². The fraction of sp³-hybridized carbons (Fsp3) is 0.516. The van der Waals surface area contributed by atoms with E-state index in [2.05, 4.69) is 65.8 Å². The minimum absolute atomic E-state index is 0.131. The van der Waals surface area contributed by atoms with E-state index in [1.54, 1.807) is 13.2 Å². The van der Waals surface area contributed by atoms with Crippen molar-refractivity contribution in [2.24, 2.45) is 5.92 Å². The summed E-state index contributed by atoms with van der Waals surface area (Å²) in [6.45, 7) is 8.20. The van der Waals surface area contributed by atoms with Gasteiger partial charge in [-0.15, -0.1) is 0 Å². The normalized spacial score (nSPS) is 16.4. The van der Waals surface area contributed by atoms with Gasteiger partial charge in [-0.1, -0.05) is 43.5 Å². The molecule has 1 aliphatic carbocycles. The minimum Gasteiger partial charge on any atom is -0.493 e. The summed E-state index contributed by atoms with van der Waals surface area (Å²) in [4.78, 5) is 14.3. The lowest BCUT2D eigenvalue weighted by Crippen LogP contribution is -2.32. The summed E-state index contributed by atoms with van der Waals surface area (Å²) in [5, 5.41) is 5.63. The van der Waals surface area contributed by atoms with Gasteiger partial charge in [0, 0.05) is 44.9 Å². The summed E-state index contributed by atoms with van der Waals surface area (Å²) < 4.78 is 11.7. The molecule has 1 heterocycles. The van der Waals surface area contributed by atoms with E-state index in [0.29, 0.717) is 19.2 Å². The summed E-state index contributed by atoms with van der Waals surface area (Å²) in [6, 6.07) is 13.6. The molecule has 1 fully saturated rings. The summed E-state index contributed by atoms with van der Waals surface area (Å²) >= 11 is 0. The van der Waals surface area contributed by atoms with Crippen LogP contribution in [0.1, 0.15) is 67.3 Å². The molecular weight excluding hydrogens is 462 g/mol. The van der Waals surface area contributed by atoms with Gasteiger partial charge < -0.3 is 20.1 Å². The van der Waals surface area contributed by atoms with Crippen LogP contribution < -0.4 is 20.1 Å². The number of fused-ring (bicyclic) bond motifs is 1. The number of carbonyl (C=O) groups excluding carboxylic acids is 1. The maximum atomic E-state index is 11.7. The van der Waals surface area contributed by atoms with Gasteiger partial charge in [0.15, 0.2) is 0 Å². The Balaban J connectivity index is 1.40. The molecule has 2 aliphatic rings. The monoisotopic (exact) mass is 505 g/mol. The number of nitrogens with zero attached hydrogens (tertiary/aromatic N) is 1. The Morgan fingerprint density at radius 2 is 2.03 bits per heavy atom. The quantitative estimate of drug-likeness (QED) is 0.303. The first kappa shape index (κ1) is 27.1. The fourth-order valence-electron chi connectivity index (χ4n) is 5.50. The minimum atomic E-state index is -0.131. The third-order valence-corrected chi connectivity index (χ3v) is 7.65. The molecule has 2 aromatic carbocycles. The van der Waals surface area contributed by atoms with Crippen LogP contribution in [0, 0.1) is 12.8 Å². The molecule has 2 aromatic rings. The third-order valence-electron chi connectivity index (χ3n) is 7.65. The summed E-state index contributed by atoms with van der Waals surface area (Å²) in [5.74, 6) is 2.56. The highest BCUT2D eigenvalue weighted by Gasteiger charge is 2.24. The van der Waals surface area contributed by atoms with Crippen LogP contribution in [0.25, 0.3) is 0 Å². The van der Waals surface area contributed by atoms with Crippen molar-refractivity contribution in [3.05, 3.63) is 70.9 Å². The fourth-order valence-corrected chi connectivity index (χ4v) is 5.50. The molecule has 6 heteroatoms. The lowest BCUT2D eigenvalue weighted by Gasteiger charge is -2.34. The van der Waals surface area contributed by atoms with Crippen molar-refractivity contribution in [1.29, 1.82) is 0 Å². The average molecular weight is 506 g/mol. The van der Waals surface area contributed by atoms with Crippen molar-refractivity contribution in [1.82, 2.24) is 15.5 Å². The van der Waals surface area contributed by atoms with Gasteiger partial charge in [-0.25, -0.2) is 0 Å². The second-order valence-corrected chi connectivity index (χ2v) is 10.4. The molecule has 0 spiro atoms. The van der Waals surface area contributed by atoms with Crippen molar-refractivity contribution < 1.29 is 14.3 Å². The number of amides is 1. The Morgan fingerprint density at radius 1 is 1.19 bits per heavy atom. The van der Waals surface area contributed by atoms with Crippen LogP contribution in [-0.4, -0.2) is 44.2 Å². The van der Waals surface area contributed by atoms with Gasteiger partial charge in [0.25, 0.3) is 0 Å². The van der Waals surface area contributed by atoms with Crippen LogP contribution in [0.3, 0.4) is 0 Å². The first-order valence-corrected chi connectivity index (χ1v) is 13.9. The highest BCUT2D eigenvalue weighted by molar-refractivity contribution is 5.87. The lowest BCUT2D eigenvalue weighted by atomic mass is 9.88. The van der Waals surface area contributed by atoms with Crippen LogP contribution in [0.4, 0.5) is 0 Å². The molecule has 1 saturated carbocycles. The summed E-state index contributed by atoms with van der Waals surface area (Å²) in [6.07, 6.45) is 10.9. The van der Waals surface area contributed by atoms with Crippen molar-refractivity contribution >= 4 is 5.91 Å². The number of hydrogen-bond donors (Lipinski definition) is 2. The predicted octanol–water partition coefficient (Wildman–Crippen LogP) is 5.30. The Kier molecular flexibility index (Phi) is 9.89. The van der Waals surface area contributed by atoms with Gasteiger partial charge in [0.2, 0.25) is 5.91 Å². The number of benzene rings is 2. The van der Waals surface area contributed by atoms with E-state index in [1.807, 2.05) is 0 Å². The number of carbonyl (C=O) groups is 1. The molecule has 2 N–H and O–H groups in total. The van der Waals surface area contributed by atoms with Gasteiger partial charge in [-0.3, -0.25) is 9.69 Å². The molecule has 1 atom stereocenters. The van der Waals surface area contributed by atoms with Crippen LogP contribution in [0.15, 0.2) is 48.7 Å². The van der Waals surface area contributed by atoms with E-state index in [9.17, 15) is 4.79 Å². The number of rotatable bonds is 12. The zero-order valence-corrected chi connectivity index (χ0v) is 22.7. The van der Waals surface area contributed by atoms with Gasteiger partial charge in [0.05, 0.1) is 13.2 Å². The Morgan fingerprint density at radius 3 is 2.81 bits per heavy atom. The van der Waals surface area contributed by atoms with Crippen molar-refractivity contribution in [2.45, 2.75) is 65.0 Å². The zero-order chi connectivity index (χ0) is 26.0. The van der Waals surface area contributed by atoms with Crippen LogP contribution in [0.5, 0.6) is 11.5 Å². The lowest BCUT2D eigenvalue weighted by molar-refractivity contribution is -0.116. The highest BCUT2D eigenvalue weighted by atomic mass is 16.5. The van der Waals surface area contributed by atoms with Crippen LogP contribution in [0.2, 0.25) is 0 Å². The molecule has 0 radical (unpaired) electrons. The molecule has 4 rings (SSSR count). The topological polar surface area (TPSA) is 62.8 Å². The van der Waals surface area contributed by atoms with Crippen molar-refractivity contribution in [3.8, 4) is 11.5 Å². The van der Waals surface area contributed by atoms with Gasteiger partial charge in [-0.05, 0) is 67.0 Å². The molecule has 1 amide bonds. The Bertz CT molecular complexity index is 1060. The second-order valence-electron chi connectivity index (χ2n) is 10.4. The van der Waals surface area contributed by atoms with Gasteiger partial charge >= 0.3 is 0 Å². The Hall–Kier alpha value is -2.99. The average Bonchev–Trinajstić information content (AvgIpc) is 3.39. The van der Waals surface area contributed by atoms with E-state index >= 15 is 0 Å². The molecule has 0 saturated heterocycles. The maximum Gasteiger partial charge on any atom is 0.245 e. The molecule has 1 aliphatic heterocycles. The smallest absolute Gasteiger partial charge is 0.245 e. The molecule has 37 heavy (non-hydrogen) atoms. The van der Waals surface area contributed by atoms with E-state index in [-0.39, 0.29) is 5.91 Å². The third kappa shape index (κ3) is 7.75. The second kappa shape index (κ2) is 13.5. The van der Waals surface area contributed by atoms with E-state index in [4.69, 9.17) is 9.47 Å². The molecule has 0 aromatic heterocycles. The summed E-state index contributed by atoms with van der Waals surface area (Å²) in [7, 11) is 1.76. The first-order valence-electron chi connectivity index (χ1n) is 13.9. The molecule has 0 bridgehead atoms. The number of nitrogens with one attached hydrogen (secondary N) is 2. The van der Waals surface area contributed by atoms with E-state index in [0.717, 1.165) is 49.1 Å². The van der Waals surface area contributed by atoms with Crippen molar-refractivity contribution in [2.75, 3.05) is 33.4 Å². The van der Waals surface area contributed by atoms with E-state index < -0.39 is 0 Å². The largest absolute Gasteiger partial charge is 0.493 e. The molecular formula is C31H43N3O3. The molecule has 6 nitrogen and oxygen atoms in total. The van der Waals surface area contributed by atoms with Gasteiger partial charge in [0.1, 0.15) is 18.1 Å². The highest BCUT2D eigenvalue weighted by Crippen LogP contribution is 2.33. The van der Waals surface area contributed by atoms with E-state index in [1.165, 1.54) is 54.9 Å². The van der Waals surface area contributed by atoms with Gasteiger partial charge in [-0.2, -0.15) is 0 Å². The summed E-state index contributed by atoms with van der Waals surface area (Å²) in [5.41, 5.74) is 5.15. The number of aryl methyl sites for hydroxylation is 1. The zero-order valence-electron chi connectivity index (χ0n) is 22.7. The Labute approximate surface area is 222 Å². The maximum absolute atomic E-state index is 11.7. The number of ether oxygens (including phenoxy) is 2. The number of hydrogen-bond acceptors (Lipinski definition) is 5. The molecule has 200 valence electrons. The molecule has 1 unspecified atom stereocenters. The standard InChI is InChI=1S/C31H43N3O3/c1-23-19-26(9-11-29(23)37-18-16-33-31(35)13-15-32-3)22-34(21-25-7-5-4-6-8-25)24(2)27-10-12-30-28(20-27)14-17-36-30/h9-13,15,19-20,24-25,32H,4-8,14,16-18,21-22H2,1-3H3,(H,33,35)/b15-13-. The van der Waals surface area contributed by atoms with Crippen LogP contribution in [-0.2, 0) is 17.8 Å². The SMILES string of the molecule is CN/C=C\C(=O)NCCOc1ccc(CN(CC2CCCCC2)C(C)c2ccc3c(c2)CCO3)cc1C. The predicted molar refractivity (Wildman–Crippen MR) is 149 cm³/mol.